The van der Waals surface area contributed by atoms with E-state index in [1.54, 1.807) is 6.20 Å². The topological polar surface area (TPSA) is 54.2 Å². The Morgan fingerprint density at radius 2 is 2.11 bits per heavy atom. The summed E-state index contributed by atoms with van der Waals surface area (Å²) in [5.41, 5.74) is 10.7. The first-order valence-electron chi connectivity index (χ1n) is 6.39. The SMILES string of the molecule is CC1CCCC(C)N1Nc1ccnc(C(N)=S)c1. The summed E-state index contributed by atoms with van der Waals surface area (Å²) in [5.74, 6) is 0. The van der Waals surface area contributed by atoms with Gasteiger partial charge >= 0.3 is 0 Å². The van der Waals surface area contributed by atoms with Gasteiger partial charge in [0.2, 0.25) is 0 Å². The third-order valence-corrected chi connectivity index (χ3v) is 3.67. The van der Waals surface area contributed by atoms with Crippen molar-refractivity contribution in [1.29, 1.82) is 0 Å². The van der Waals surface area contributed by atoms with E-state index in [1.807, 2.05) is 12.1 Å². The van der Waals surface area contributed by atoms with Crippen molar-refractivity contribution >= 4 is 22.9 Å². The molecule has 1 aliphatic rings. The van der Waals surface area contributed by atoms with Gasteiger partial charge in [-0.25, -0.2) is 5.01 Å². The molecule has 0 amide bonds. The van der Waals surface area contributed by atoms with E-state index >= 15 is 0 Å². The van der Waals surface area contributed by atoms with Gasteiger partial charge in [-0.05, 0) is 38.8 Å². The molecule has 2 rings (SSSR count). The summed E-state index contributed by atoms with van der Waals surface area (Å²) >= 11 is 4.95. The molecule has 98 valence electrons. The van der Waals surface area contributed by atoms with E-state index in [4.69, 9.17) is 18.0 Å². The molecule has 4 nitrogen and oxygen atoms in total. The van der Waals surface area contributed by atoms with Gasteiger partial charge in [-0.3, -0.25) is 4.98 Å². The first-order valence-corrected chi connectivity index (χ1v) is 6.79. The van der Waals surface area contributed by atoms with Crippen LogP contribution < -0.4 is 11.2 Å². The summed E-state index contributed by atoms with van der Waals surface area (Å²) in [6, 6.07) is 4.91. The van der Waals surface area contributed by atoms with Crippen LogP contribution in [0.2, 0.25) is 0 Å². The molecule has 0 radical (unpaired) electrons. The van der Waals surface area contributed by atoms with Gasteiger partial charge < -0.3 is 11.2 Å². The number of rotatable bonds is 3. The molecule has 3 N–H and O–H groups in total. The minimum atomic E-state index is 0.332. The number of anilines is 1. The Morgan fingerprint density at radius 3 is 2.72 bits per heavy atom. The lowest BCUT2D eigenvalue weighted by Gasteiger charge is -2.39. The molecule has 1 fully saturated rings. The molecule has 2 unspecified atom stereocenters. The van der Waals surface area contributed by atoms with E-state index in [9.17, 15) is 0 Å². The summed E-state index contributed by atoms with van der Waals surface area (Å²) in [5, 5.41) is 2.31. The first-order chi connectivity index (χ1) is 8.58. The van der Waals surface area contributed by atoms with Gasteiger partial charge in [0, 0.05) is 18.3 Å². The zero-order valence-corrected chi connectivity index (χ0v) is 11.7. The van der Waals surface area contributed by atoms with Crippen molar-refractivity contribution in [3.63, 3.8) is 0 Å². The van der Waals surface area contributed by atoms with E-state index < -0.39 is 0 Å². The van der Waals surface area contributed by atoms with E-state index in [2.05, 4.69) is 29.3 Å². The molecule has 1 aliphatic heterocycles. The number of aromatic nitrogens is 1. The first kappa shape index (κ1) is 13.2. The van der Waals surface area contributed by atoms with Gasteiger partial charge in [-0.15, -0.1) is 0 Å². The molecule has 0 spiro atoms. The van der Waals surface area contributed by atoms with Gasteiger partial charge in [0.05, 0.1) is 11.4 Å². The minimum absolute atomic E-state index is 0.332. The lowest BCUT2D eigenvalue weighted by molar-refractivity contribution is 0.136. The summed E-state index contributed by atoms with van der Waals surface area (Å²) in [4.78, 5) is 4.48. The number of hydrogen-bond donors (Lipinski definition) is 2. The summed E-state index contributed by atoms with van der Waals surface area (Å²) in [7, 11) is 0. The Kier molecular flexibility index (Phi) is 4.14. The molecule has 0 bridgehead atoms. The Balaban J connectivity index is 2.12. The van der Waals surface area contributed by atoms with Crippen molar-refractivity contribution in [2.45, 2.75) is 45.2 Å². The monoisotopic (exact) mass is 264 g/mol. The van der Waals surface area contributed by atoms with Gasteiger partial charge in [-0.1, -0.05) is 18.6 Å². The Bertz CT molecular complexity index is 425. The maximum Gasteiger partial charge on any atom is 0.122 e. The normalized spacial score (nSPS) is 24.8. The van der Waals surface area contributed by atoms with Crippen LogP contribution in [0.3, 0.4) is 0 Å². The van der Waals surface area contributed by atoms with Crippen LogP contribution in [0.15, 0.2) is 18.3 Å². The highest BCUT2D eigenvalue weighted by molar-refractivity contribution is 7.80. The van der Waals surface area contributed by atoms with Crippen LogP contribution in [0.1, 0.15) is 38.8 Å². The predicted molar refractivity (Wildman–Crippen MR) is 78.4 cm³/mol. The molecular weight excluding hydrogens is 244 g/mol. The summed E-state index contributed by atoms with van der Waals surface area (Å²) in [6.07, 6.45) is 5.49. The van der Waals surface area contributed by atoms with Crippen LogP contribution in [0.25, 0.3) is 0 Å². The van der Waals surface area contributed by atoms with Crippen LogP contribution in [0.5, 0.6) is 0 Å². The maximum absolute atomic E-state index is 5.60. The predicted octanol–water partition coefficient (Wildman–Crippen LogP) is 2.31. The lowest BCUT2D eigenvalue weighted by atomic mass is 10.00. The molecule has 5 heteroatoms. The Morgan fingerprint density at radius 1 is 1.44 bits per heavy atom. The zero-order valence-electron chi connectivity index (χ0n) is 10.9. The van der Waals surface area contributed by atoms with Crippen molar-refractivity contribution in [2.24, 2.45) is 5.73 Å². The number of hydrogen-bond acceptors (Lipinski definition) is 4. The smallest absolute Gasteiger partial charge is 0.122 e. The molecule has 2 heterocycles. The van der Waals surface area contributed by atoms with Crippen LogP contribution in [0, 0.1) is 0 Å². The zero-order chi connectivity index (χ0) is 13.1. The largest absolute Gasteiger partial charge is 0.388 e. The molecule has 18 heavy (non-hydrogen) atoms. The standard InChI is InChI=1S/C13H20N4S/c1-9-4-3-5-10(2)17(9)16-11-6-7-15-12(8-11)13(14)18/h6-10H,3-5H2,1-2H3,(H2,14,18)(H,15,16). The highest BCUT2D eigenvalue weighted by atomic mass is 32.1. The number of nitrogens with two attached hydrogens (primary N) is 1. The van der Waals surface area contributed by atoms with Crippen molar-refractivity contribution in [3.8, 4) is 0 Å². The number of piperidine rings is 1. The molecule has 1 saturated heterocycles. The highest BCUT2D eigenvalue weighted by Crippen LogP contribution is 2.23. The van der Waals surface area contributed by atoms with Gasteiger partial charge in [0.1, 0.15) is 4.99 Å². The van der Waals surface area contributed by atoms with E-state index in [0.29, 0.717) is 22.8 Å². The van der Waals surface area contributed by atoms with Crippen molar-refractivity contribution in [2.75, 3.05) is 5.43 Å². The number of nitrogens with zero attached hydrogens (tertiary/aromatic N) is 2. The number of thiocarbonyl (C=S) groups is 1. The van der Waals surface area contributed by atoms with Crippen LogP contribution >= 0.6 is 12.2 Å². The average molecular weight is 264 g/mol. The maximum atomic E-state index is 5.60. The van der Waals surface area contributed by atoms with Crippen molar-refractivity contribution in [1.82, 2.24) is 9.99 Å². The molecule has 0 aromatic carbocycles. The molecular formula is C13H20N4S. The van der Waals surface area contributed by atoms with Crippen molar-refractivity contribution in [3.05, 3.63) is 24.0 Å². The molecule has 0 saturated carbocycles. The van der Waals surface area contributed by atoms with Crippen LogP contribution in [0.4, 0.5) is 5.69 Å². The Hall–Kier alpha value is -1.20. The van der Waals surface area contributed by atoms with Gasteiger partial charge in [-0.2, -0.15) is 0 Å². The third kappa shape index (κ3) is 2.97. The average Bonchev–Trinajstić information content (AvgIpc) is 2.34. The lowest BCUT2D eigenvalue weighted by Crippen LogP contribution is -2.47. The third-order valence-electron chi connectivity index (χ3n) is 3.46. The molecule has 1 aromatic heterocycles. The second-order valence-corrected chi connectivity index (χ2v) is 5.38. The summed E-state index contributed by atoms with van der Waals surface area (Å²) < 4.78 is 0. The van der Waals surface area contributed by atoms with Crippen LogP contribution in [-0.2, 0) is 0 Å². The number of pyridine rings is 1. The van der Waals surface area contributed by atoms with E-state index in [1.165, 1.54) is 19.3 Å². The molecule has 1 aromatic rings. The van der Waals surface area contributed by atoms with Crippen molar-refractivity contribution < 1.29 is 0 Å². The summed E-state index contributed by atoms with van der Waals surface area (Å²) in [6.45, 7) is 4.50. The molecule has 2 atom stereocenters. The van der Waals surface area contributed by atoms with Gasteiger partial charge in [0.25, 0.3) is 0 Å². The fourth-order valence-electron chi connectivity index (χ4n) is 2.43. The fourth-order valence-corrected chi connectivity index (χ4v) is 2.54. The van der Waals surface area contributed by atoms with Gasteiger partial charge in [0.15, 0.2) is 0 Å². The quantitative estimate of drug-likeness (QED) is 0.821. The van der Waals surface area contributed by atoms with E-state index in [-0.39, 0.29) is 0 Å². The highest BCUT2D eigenvalue weighted by Gasteiger charge is 2.24. The van der Waals surface area contributed by atoms with E-state index in [0.717, 1.165) is 5.69 Å². The fraction of sp³-hybridized carbons (Fsp3) is 0.538. The second-order valence-electron chi connectivity index (χ2n) is 4.94. The number of hydrazine groups is 1. The Labute approximate surface area is 114 Å². The van der Waals surface area contributed by atoms with Crippen LogP contribution in [-0.4, -0.2) is 27.1 Å². The second kappa shape index (κ2) is 5.63. The minimum Gasteiger partial charge on any atom is -0.388 e. The number of nitrogens with one attached hydrogen (secondary N) is 1. The molecule has 0 aliphatic carbocycles.